The van der Waals surface area contributed by atoms with Gasteiger partial charge in [-0.15, -0.1) is 0 Å². The van der Waals surface area contributed by atoms with Crippen LogP contribution in [0.1, 0.15) is 16.1 Å². The molecule has 0 aliphatic carbocycles. The van der Waals surface area contributed by atoms with E-state index in [1.54, 1.807) is 42.2 Å². The third kappa shape index (κ3) is 2.51. The Morgan fingerprint density at radius 3 is 2.65 bits per heavy atom. The fraction of sp³-hybridized carbons (Fsp3) is 0.167. The van der Waals surface area contributed by atoms with Crippen molar-refractivity contribution < 1.29 is 9.90 Å². The summed E-state index contributed by atoms with van der Waals surface area (Å²) in [5.41, 5.74) is 1.99. The average molecular weight is 231 g/mol. The monoisotopic (exact) mass is 231 g/mol. The third-order valence-corrected chi connectivity index (χ3v) is 2.44. The highest BCUT2D eigenvalue weighted by molar-refractivity contribution is 6.02. The molecule has 0 unspecified atom stereocenters. The Labute approximate surface area is 98.7 Å². The van der Waals surface area contributed by atoms with E-state index in [-0.39, 0.29) is 12.5 Å². The minimum atomic E-state index is -0.207. The smallest absolute Gasteiger partial charge is 0.273 e. The normalized spacial score (nSPS) is 10.2. The van der Waals surface area contributed by atoms with E-state index in [1.165, 1.54) is 6.20 Å². The predicted octanol–water partition coefficient (Wildman–Crippen LogP) is 1.16. The second kappa shape index (κ2) is 4.80. The van der Waals surface area contributed by atoms with Gasteiger partial charge in [-0.2, -0.15) is 0 Å². The molecule has 0 saturated carbocycles. The number of rotatable bonds is 3. The van der Waals surface area contributed by atoms with E-state index in [4.69, 9.17) is 5.11 Å². The molecule has 0 aliphatic heterocycles. The van der Waals surface area contributed by atoms with Crippen LogP contribution in [0.25, 0.3) is 0 Å². The topological polar surface area (TPSA) is 67.2 Å². The fourth-order valence-electron chi connectivity index (χ4n) is 1.46. The maximum Gasteiger partial charge on any atom is 0.273 e. The largest absolute Gasteiger partial charge is 0.392 e. The van der Waals surface area contributed by atoms with E-state index in [0.717, 1.165) is 5.56 Å². The number of nitrogens with zero attached hydrogens (tertiary/aromatic N) is 2. The van der Waals surface area contributed by atoms with E-state index in [0.29, 0.717) is 11.4 Å². The summed E-state index contributed by atoms with van der Waals surface area (Å²) in [5.74, 6) is -0.207. The first kappa shape index (κ1) is 11.3. The summed E-state index contributed by atoms with van der Waals surface area (Å²) < 4.78 is 1.65. The molecule has 5 nitrogen and oxygen atoms in total. The molecule has 0 aliphatic rings. The van der Waals surface area contributed by atoms with Crippen LogP contribution in [0, 0.1) is 0 Å². The van der Waals surface area contributed by atoms with Crippen molar-refractivity contribution in [1.29, 1.82) is 0 Å². The Balaban J connectivity index is 2.10. The lowest BCUT2D eigenvalue weighted by atomic mass is 10.2. The first-order chi connectivity index (χ1) is 8.20. The predicted molar refractivity (Wildman–Crippen MR) is 63.5 cm³/mol. The number of benzene rings is 1. The van der Waals surface area contributed by atoms with Gasteiger partial charge in [0.05, 0.1) is 19.1 Å². The Morgan fingerprint density at radius 2 is 2.12 bits per heavy atom. The van der Waals surface area contributed by atoms with Crippen LogP contribution in [-0.2, 0) is 13.7 Å². The SMILES string of the molecule is Cn1cncc1C(=O)Nc1ccc(CO)cc1. The number of carbonyl (C=O) groups excluding carboxylic acids is 1. The highest BCUT2D eigenvalue weighted by Crippen LogP contribution is 2.11. The lowest BCUT2D eigenvalue weighted by molar-refractivity contribution is 0.101. The van der Waals surface area contributed by atoms with Crippen molar-refractivity contribution in [2.24, 2.45) is 7.05 Å². The molecule has 0 fully saturated rings. The summed E-state index contributed by atoms with van der Waals surface area (Å²) in [4.78, 5) is 15.7. The summed E-state index contributed by atoms with van der Waals surface area (Å²) in [6.07, 6.45) is 3.08. The second-order valence-corrected chi connectivity index (χ2v) is 3.70. The molecule has 88 valence electrons. The minimum absolute atomic E-state index is 0.00401. The van der Waals surface area contributed by atoms with Gasteiger partial charge >= 0.3 is 0 Å². The van der Waals surface area contributed by atoms with E-state index in [9.17, 15) is 4.79 Å². The Morgan fingerprint density at radius 1 is 1.41 bits per heavy atom. The highest BCUT2D eigenvalue weighted by atomic mass is 16.3. The molecule has 1 aromatic carbocycles. The van der Waals surface area contributed by atoms with Gasteiger partial charge in [-0.3, -0.25) is 4.79 Å². The van der Waals surface area contributed by atoms with Crippen molar-refractivity contribution in [3.63, 3.8) is 0 Å². The zero-order valence-electron chi connectivity index (χ0n) is 9.42. The summed E-state index contributed by atoms with van der Waals surface area (Å²) in [6, 6.07) is 7.03. The summed E-state index contributed by atoms with van der Waals surface area (Å²) in [5, 5.41) is 11.7. The van der Waals surface area contributed by atoms with Crippen molar-refractivity contribution in [3.05, 3.63) is 48.0 Å². The van der Waals surface area contributed by atoms with Gasteiger partial charge in [0, 0.05) is 12.7 Å². The van der Waals surface area contributed by atoms with E-state index in [1.807, 2.05) is 0 Å². The van der Waals surface area contributed by atoms with Gasteiger partial charge in [0.25, 0.3) is 5.91 Å². The Kier molecular flexibility index (Phi) is 3.20. The summed E-state index contributed by atoms with van der Waals surface area (Å²) >= 11 is 0. The zero-order chi connectivity index (χ0) is 12.3. The van der Waals surface area contributed by atoms with E-state index >= 15 is 0 Å². The van der Waals surface area contributed by atoms with Gasteiger partial charge in [0.1, 0.15) is 5.69 Å². The lowest BCUT2D eigenvalue weighted by Crippen LogP contribution is -2.15. The van der Waals surface area contributed by atoms with Crippen molar-refractivity contribution >= 4 is 11.6 Å². The molecule has 0 radical (unpaired) electrons. The van der Waals surface area contributed by atoms with Crippen LogP contribution in [0.4, 0.5) is 5.69 Å². The molecule has 5 heteroatoms. The van der Waals surface area contributed by atoms with Crippen LogP contribution in [0.2, 0.25) is 0 Å². The fourth-order valence-corrected chi connectivity index (χ4v) is 1.46. The first-order valence-electron chi connectivity index (χ1n) is 5.18. The third-order valence-electron chi connectivity index (χ3n) is 2.44. The van der Waals surface area contributed by atoms with Crippen LogP contribution in [0.3, 0.4) is 0 Å². The Hall–Kier alpha value is -2.14. The van der Waals surface area contributed by atoms with Crippen molar-refractivity contribution in [2.75, 3.05) is 5.32 Å². The molecule has 0 atom stereocenters. The maximum atomic E-state index is 11.8. The molecule has 2 rings (SSSR count). The number of aromatic nitrogens is 2. The molecular weight excluding hydrogens is 218 g/mol. The zero-order valence-corrected chi connectivity index (χ0v) is 9.42. The van der Waals surface area contributed by atoms with Crippen molar-refractivity contribution in [2.45, 2.75) is 6.61 Å². The summed E-state index contributed by atoms with van der Waals surface area (Å²) in [7, 11) is 1.76. The average Bonchev–Trinajstić information content (AvgIpc) is 2.76. The van der Waals surface area contributed by atoms with Crippen LogP contribution in [0.15, 0.2) is 36.8 Å². The molecular formula is C12H13N3O2. The molecule has 1 aromatic heterocycles. The number of carbonyl (C=O) groups is 1. The molecule has 0 saturated heterocycles. The number of aliphatic hydroxyl groups excluding tert-OH is 1. The number of amides is 1. The van der Waals surface area contributed by atoms with Crippen LogP contribution in [0.5, 0.6) is 0 Å². The molecule has 2 aromatic rings. The molecule has 2 N–H and O–H groups in total. The number of aliphatic hydroxyl groups is 1. The van der Waals surface area contributed by atoms with Crippen LogP contribution in [-0.4, -0.2) is 20.6 Å². The van der Waals surface area contributed by atoms with Gasteiger partial charge in [-0.1, -0.05) is 12.1 Å². The number of hydrogen-bond donors (Lipinski definition) is 2. The van der Waals surface area contributed by atoms with Crippen molar-refractivity contribution in [1.82, 2.24) is 9.55 Å². The van der Waals surface area contributed by atoms with Gasteiger partial charge in [-0.25, -0.2) is 4.98 Å². The highest BCUT2D eigenvalue weighted by Gasteiger charge is 2.09. The van der Waals surface area contributed by atoms with Gasteiger partial charge in [-0.05, 0) is 17.7 Å². The van der Waals surface area contributed by atoms with E-state index < -0.39 is 0 Å². The number of anilines is 1. The summed E-state index contributed by atoms with van der Waals surface area (Å²) in [6.45, 7) is -0.00401. The van der Waals surface area contributed by atoms with Crippen LogP contribution < -0.4 is 5.32 Å². The molecule has 1 heterocycles. The van der Waals surface area contributed by atoms with E-state index in [2.05, 4.69) is 10.3 Å². The number of nitrogens with one attached hydrogen (secondary N) is 1. The molecule has 0 bridgehead atoms. The second-order valence-electron chi connectivity index (χ2n) is 3.70. The number of hydrogen-bond acceptors (Lipinski definition) is 3. The molecule has 1 amide bonds. The van der Waals surface area contributed by atoms with Crippen molar-refractivity contribution in [3.8, 4) is 0 Å². The quantitative estimate of drug-likeness (QED) is 0.833. The van der Waals surface area contributed by atoms with Crippen LogP contribution >= 0.6 is 0 Å². The first-order valence-corrected chi connectivity index (χ1v) is 5.18. The molecule has 17 heavy (non-hydrogen) atoms. The minimum Gasteiger partial charge on any atom is -0.392 e. The van der Waals surface area contributed by atoms with Gasteiger partial charge < -0.3 is 15.0 Å². The number of imidazole rings is 1. The van der Waals surface area contributed by atoms with Gasteiger partial charge in [0.15, 0.2) is 0 Å². The lowest BCUT2D eigenvalue weighted by Gasteiger charge is -2.05. The Bertz CT molecular complexity index is 517. The molecule has 0 spiro atoms. The number of aryl methyl sites for hydroxylation is 1. The van der Waals surface area contributed by atoms with Gasteiger partial charge in [0.2, 0.25) is 0 Å². The standard InChI is InChI=1S/C12H13N3O2/c1-15-8-13-6-11(15)12(17)14-10-4-2-9(7-16)3-5-10/h2-6,8,16H,7H2,1H3,(H,14,17). The maximum absolute atomic E-state index is 11.8.